The maximum atomic E-state index is 12.8. The zero-order valence-corrected chi connectivity index (χ0v) is 18.1. The van der Waals surface area contributed by atoms with Crippen molar-refractivity contribution in [3.05, 3.63) is 54.3 Å². The first kappa shape index (κ1) is 20.7. The third-order valence-corrected chi connectivity index (χ3v) is 6.37. The lowest BCUT2D eigenvalue weighted by atomic mass is 10.2. The molecule has 0 saturated carbocycles. The van der Waals surface area contributed by atoms with Crippen LogP contribution in [0.15, 0.2) is 58.3 Å². The average molecular weight is 426 g/mol. The Kier molecular flexibility index (Phi) is 6.54. The van der Waals surface area contributed by atoms with Crippen molar-refractivity contribution in [3.63, 3.8) is 0 Å². The summed E-state index contributed by atoms with van der Waals surface area (Å²) in [6.45, 7) is 7.45. The molecule has 0 spiro atoms. The van der Waals surface area contributed by atoms with Gasteiger partial charge in [0.15, 0.2) is 16.7 Å². The second kappa shape index (κ2) is 9.49. The molecule has 1 N–H and O–H groups in total. The molecule has 3 heterocycles. The number of nitrogens with zero attached hydrogens (tertiary/aromatic N) is 4. The topological polar surface area (TPSA) is 76.2 Å². The maximum absolute atomic E-state index is 12.8. The highest BCUT2D eigenvalue weighted by molar-refractivity contribution is 8.00. The van der Waals surface area contributed by atoms with Crippen LogP contribution in [-0.4, -0.2) is 50.0 Å². The number of rotatable bonds is 8. The normalized spacial score (nSPS) is 17.9. The first-order valence-corrected chi connectivity index (χ1v) is 11.2. The number of aromatic nitrogens is 3. The van der Waals surface area contributed by atoms with Crippen LogP contribution in [0, 0.1) is 0 Å². The molecule has 1 aliphatic rings. The number of carbonyl (C=O) groups is 1. The minimum atomic E-state index is -0.257. The average Bonchev–Trinajstić information content (AvgIpc) is 3.50. The lowest BCUT2D eigenvalue weighted by molar-refractivity contribution is -0.120. The van der Waals surface area contributed by atoms with E-state index in [1.165, 1.54) is 17.3 Å². The van der Waals surface area contributed by atoms with Crippen molar-refractivity contribution in [1.82, 2.24) is 25.0 Å². The van der Waals surface area contributed by atoms with Gasteiger partial charge in [-0.1, -0.05) is 42.1 Å². The zero-order chi connectivity index (χ0) is 20.9. The Morgan fingerprint density at radius 2 is 2.10 bits per heavy atom. The predicted octanol–water partition coefficient (Wildman–Crippen LogP) is 3.43. The number of amides is 1. The first-order chi connectivity index (χ1) is 14.6. The van der Waals surface area contributed by atoms with E-state index in [2.05, 4.69) is 44.7 Å². The van der Waals surface area contributed by atoms with Crippen LogP contribution in [0.4, 0.5) is 0 Å². The molecule has 1 amide bonds. The van der Waals surface area contributed by atoms with E-state index in [1.54, 1.807) is 6.26 Å². The van der Waals surface area contributed by atoms with E-state index in [0.717, 1.165) is 31.2 Å². The fraction of sp³-hybridized carbons (Fsp3) is 0.409. The van der Waals surface area contributed by atoms with Crippen LogP contribution in [0.1, 0.15) is 25.8 Å². The monoisotopic (exact) mass is 425 g/mol. The molecule has 30 heavy (non-hydrogen) atoms. The molecule has 0 bridgehead atoms. The Balaban J connectivity index is 1.31. The smallest absolute Gasteiger partial charge is 0.233 e. The number of nitrogens with one attached hydrogen (secondary N) is 1. The number of thioether (sulfide) groups is 1. The molecule has 8 heteroatoms. The van der Waals surface area contributed by atoms with E-state index >= 15 is 0 Å². The van der Waals surface area contributed by atoms with Crippen molar-refractivity contribution in [1.29, 1.82) is 0 Å². The predicted molar refractivity (Wildman–Crippen MR) is 117 cm³/mol. The lowest BCUT2D eigenvalue weighted by Crippen LogP contribution is -2.40. The van der Waals surface area contributed by atoms with Crippen LogP contribution in [0.3, 0.4) is 0 Å². The molecular formula is C22H27N5O2S. The second-order valence-electron chi connectivity index (χ2n) is 7.50. The van der Waals surface area contributed by atoms with Gasteiger partial charge >= 0.3 is 0 Å². The SMILES string of the molecule is CCn1c(SC(C)C(=O)NC2CCN(Cc3ccccc3)C2)nnc1-c1ccco1. The summed E-state index contributed by atoms with van der Waals surface area (Å²) in [6.07, 6.45) is 2.60. The zero-order valence-electron chi connectivity index (χ0n) is 17.3. The first-order valence-electron chi connectivity index (χ1n) is 10.3. The molecule has 7 nitrogen and oxygen atoms in total. The Hall–Kier alpha value is -2.58. The summed E-state index contributed by atoms with van der Waals surface area (Å²) >= 11 is 1.43. The number of benzene rings is 1. The van der Waals surface area contributed by atoms with Crippen molar-refractivity contribution in [2.75, 3.05) is 13.1 Å². The molecule has 0 aliphatic carbocycles. The molecule has 3 aromatic rings. The molecule has 2 atom stereocenters. The van der Waals surface area contributed by atoms with E-state index in [4.69, 9.17) is 4.42 Å². The van der Waals surface area contributed by atoms with Crippen molar-refractivity contribution in [2.45, 2.75) is 49.8 Å². The molecule has 1 saturated heterocycles. The fourth-order valence-corrected chi connectivity index (χ4v) is 4.64. The molecule has 2 unspecified atom stereocenters. The number of hydrogen-bond acceptors (Lipinski definition) is 6. The molecule has 0 radical (unpaired) electrons. The van der Waals surface area contributed by atoms with Gasteiger partial charge in [-0.2, -0.15) is 0 Å². The third kappa shape index (κ3) is 4.76. The van der Waals surface area contributed by atoms with Crippen molar-refractivity contribution in [3.8, 4) is 11.6 Å². The van der Waals surface area contributed by atoms with Crippen molar-refractivity contribution in [2.24, 2.45) is 0 Å². The molecule has 1 aromatic carbocycles. The van der Waals surface area contributed by atoms with Gasteiger partial charge in [0, 0.05) is 32.2 Å². The van der Waals surface area contributed by atoms with Gasteiger partial charge in [0.2, 0.25) is 5.91 Å². The third-order valence-electron chi connectivity index (χ3n) is 5.29. The van der Waals surface area contributed by atoms with Crippen molar-refractivity contribution < 1.29 is 9.21 Å². The largest absolute Gasteiger partial charge is 0.461 e. The van der Waals surface area contributed by atoms with Gasteiger partial charge < -0.3 is 9.73 Å². The number of furan rings is 1. The maximum Gasteiger partial charge on any atom is 0.233 e. The fourth-order valence-electron chi connectivity index (χ4n) is 3.71. The minimum absolute atomic E-state index is 0.0387. The summed E-state index contributed by atoms with van der Waals surface area (Å²) in [4.78, 5) is 15.2. The van der Waals surface area contributed by atoms with Gasteiger partial charge in [0.25, 0.3) is 0 Å². The molecule has 158 valence electrons. The van der Waals surface area contributed by atoms with Gasteiger partial charge in [-0.3, -0.25) is 14.3 Å². The van der Waals surface area contributed by atoms with Gasteiger partial charge in [0.05, 0.1) is 11.5 Å². The highest BCUT2D eigenvalue weighted by Crippen LogP contribution is 2.27. The van der Waals surface area contributed by atoms with Crippen LogP contribution in [0.25, 0.3) is 11.6 Å². The summed E-state index contributed by atoms with van der Waals surface area (Å²) in [6, 6.07) is 14.3. The summed E-state index contributed by atoms with van der Waals surface area (Å²) in [7, 11) is 0. The van der Waals surface area contributed by atoms with E-state index in [9.17, 15) is 4.79 Å². The summed E-state index contributed by atoms with van der Waals surface area (Å²) in [5.74, 6) is 1.40. The highest BCUT2D eigenvalue weighted by atomic mass is 32.2. The van der Waals surface area contributed by atoms with E-state index in [-0.39, 0.29) is 17.2 Å². The second-order valence-corrected chi connectivity index (χ2v) is 8.81. The minimum Gasteiger partial charge on any atom is -0.461 e. The summed E-state index contributed by atoms with van der Waals surface area (Å²) in [5, 5.41) is 12.2. The van der Waals surface area contributed by atoms with Gasteiger partial charge in [-0.25, -0.2) is 0 Å². The van der Waals surface area contributed by atoms with E-state index in [1.807, 2.05) is 36.6 Å². The number of likely N-dealkylation sites (tertiary alicyclic amines) is 1. The van der Waals surface area contributed by atoms with Crippen molar-refractivity contribution >= 4 is 17.7 Å². The summed E-state index contributed by atoms with van der Waals surface area (Å²) in [5.41, 5.74) is 1.31. The van der Waals surface area contributed by atoms with Crippen LogP contribution < -0.4 is 5.32 Å². The van der Waals surface area contributed by atoms with Gasteiger partial charge in [-0.15, -0.1) is 10.2 Å². The van der Waals surface area contributed by atoms with Crippen LogP contribution in [-0.2, 0) is 17.9 Å². The molecule has 4 rings (SSSR count). The number of carbonyl (C=O) groups excluding carboxylic acids is 1. The highest BCUT2D eigenvalue weighted by Gasteiger charge is 2.27. The Morgan fingerprint density at radius 1 is 1.27 bits per heavy atom. The Morgan fingerprint density at radius 3 is 2.83 bits per heavy atom. The molecular weight excluding hydrogens is 398 g/mol. The molecule has 1 aliphatic heterocycles. The van der Waals surface area contributed by atoms with E-state index < -0.39 is 0 Å². The van der Waals surface area contributed by atoms with Gasteiger partial charge in [-0.05, 0) is 38.0 Å². The standard InChI is InChI=1S/C22H27N5O2S/c1-3-27-20(19-10-7-13-29-19)24-25-22(27)30-16(2)21(28)23-18-11-12-26(15-18)14-17-8-5-4-6-9-17/h4-10,13,16,18H,3,11-12,14-15H2,1-2H3,(H,23,28). The van der Waals surface area contributed by atoms with Crippen LogP contribution in [0.2, 0.25) is 0 Å². The lowest BCUT2D eigenvalue weighted by Gasteiger charge is -2.18. The molecule has 2 aromatic heterocycles. The Labute approximate surface area is 180 Å². The van der Waals surface area contributed by atoms with Crippen LogP contribution >= 0.6 is 11.8 Å². The Bertz CT molecular complexity index is 957. The van der Waals surface area contributed by atoms with E-state index in [0.29, 0.717) is 18.1 Å². The molecule has 1 fully saturated rings. The van der Waals surface area contributed by atoms with Gasteiger partial charge in [0.1, 0.15) is 0 Å². The summed E-state index contributed by atoms with van der Waals surface area (Å²) < 4.78 is 7.43. The quantitative estimate of drug-likeness (QED) is 0.557. The van der Waals surface area contributed by atoms with Crippen LogP contribution in [0.5, 0.6) is 0 Å². The number of hydrogen-bond donors (Lipinski definition) is 1.